The highest BCUT2D eigenvalue weighted by Gasteiger charge is 2.45. The van der Waals surface area contributed by atoms with E-state index in [0.717, 1.165) is 83.5 Å². The van der Waals surface area contributed by atoms with E-state index in [2.05, 4.69) is 145 Å². The molecule has 1 heterocycles. The molecule has 0 unspecified atom stereocenters. The quantitative estimate of drug-likeness (QED) is 0.137. The summed E-state index contributed by atoms with van der Waals surface area (Å²) in [6.07, 6.45) is 39.3. The van der Waals surface area contributed by atoms with Crippen LogP contribution in [0.2, 0.25) is 0 Å². The zero-order valence-electron chi connectivity index (χ0n) is 34.7. The first-order valence-corrected chi connectivity index (χ1v) is 21.0. The van der Waals surface area contributed by atoms with Gasteiger partial charge in [-0.2, -0.15) is 0 Å². The molecular formula is C60H39N3. The number of rotatable bonds is 9. The van der Waals surface area contributed by atoms with Gasteiger partial charge < -0.3 is 0 Å². The van der Waals surface area contributed by atoms with Crippen LogP contribution < -0.4 is 0 Å². The fourth-order valence-corrected chi connectivity index (χ4v) is 10.9. The van der Waals surface area contributed by atoms with Crippen molar-refractivity contribution < 1.29 is 0 Å². The van der Waals surface area contributed by atoms with E-state index in [0.29, 0.717) is 56.0 Å². The fraction of sp³-hybridized carbons (Fsp3) is 0.150. The molecule has 0 aliphatic heterocycles. The summed E-state index contributed by atoms with van der Waals surface area (Å²) in [7, 11) is 0. The number of fused-ring (bicyclic) bond motifs is 9. The van der Waals surface area contributed by atoms with Crippen LogP contribution in [0.1, 0.15) is 71.9 Å². The summed E-state index contributed by atoms with van der Waals surface area (Å²) in [5.74, 6) is 19.3. The van der Waals surface area contributed by atoms with Crippen molar-refractivity contribution in [1.29, 1.82) is 0 Å². The molecule has 0 saturated carbocycles. The first-order valence-electron chi connectivity index (χ1n) is 21.0. The molecule has 3 aliphatic rings. The van der Waals surface area contributed by atoms with Crippen molar-refractivity contribution >= 4 is 0 Å². The van der Waals surface area contributed by atoms with Crippen LogP contribution in [0.15, 0.2) is 127 Å². The van der Waals surface area contributed by atoms with Gasteiger partial charge in [0.2, 0.25) is 0 Å². The van der Waals surface area contributed by atoms with Gasteiger partial charge in [-0.3, -0.25) is 0 Å². The van der Waals surface area contributed by atoms with Crippen LogP contribution >= 0.6 is 0 Å². The van der Waals surface area contributed by atoms with Gasteiger partial charge in [-0.1, -0.05) is 109 Å². The number of benzene rings is 6. The van der Waals surface area contributed by atoms with Crippen molar-refractivity contribution in [1.82, 2.24) is 15.0 Å². The van der Waals surface area contributed by atoms with E-state index in [4.69, 9.17) is 53.5 Å². The van der Waals surface area contributed by atoms with Crippen molar-refractivity contribution in [2.45, 2.75) is 54.8 Å². The normalized spacial score (nSPS) is 14.4. The molecule has 6 aromatic carbocycles. The molecule has 7 aromatic rings. The molecule has 0 bridgehead atoms. The van der Waals surface area contributed by atoms with Crippen LogP contribution in [0.25, 0.3) is 67.5 Å². The first-order chi connectivity index (χ1) is 30.9. The van der Waals surface area contributed by atoms with Crippen LogP contribution in [0, 0.1) is 74.1 Å². The Morgan fingerprint density at radius 3 is 0.794 bits per heavy atom. The summed E-state index contributed by atoms with van der Waals surface area (Å²) in [4.78, 5) is 15.9. The van der Waals surface area contributed by atoms with Crippen LogP contribution in [-0.4, -0.2) is 15.0 Å². The standard InChI is InChI=1S/C60H39N3/c1-7-31-58(32-8-2)49-22-16-13-19-43(49)46-28-25-40(37-52(46)58)55-61-56(41-26-29-47-44-20-14-17-23-50(44)59(33-9-3,34-10-4)53(47)38-41)63-57(62-55)42-27-30-48-45-21-15-18-24-51(45)60(35-11-5,36-12-6)54(48)39-42/h1-6,13-30,37-39H,31-36H2. The molecule has 0 radical (unpaired) electrons. The van der Waals surface area contributed by atoms with E-state index in [1.807, 2.05) is 18.2 Å². The summed E-state index contributed by atoms with van der Waals surface area (Å²) in [5, 5.41) is 0. The fourth-order valence-electron chi connectivity index (χ4n) is 10.9. The molecule has 0 amide bonds. The Kier molecular flexibility index (Phi) is 9.25. The van der Waals surface area contributed by atoms with Gasteiger partial charge in [0.25, 0.3) is 0 Å². The van der Waals surface area contributed by atoms with Gasteiger partial charge in [-0.15, -0.1) is 74.1 Å². The molecule has 3 heteroatoms. The molecular weight excluding hydrogens is 763 g/mol. The summed E-state index contributed by atoms with van der Waals surface area (Å²) >= 11 is 0. The largest absolute Gasteiger partial charge is 0.208 e. The Morgan fingerprint density at radius 2 is 0.540 bits per heavy atom. The van der Waals surface area contributed by atoms with Gasteiger partial charge in [0, 0.05) is 71.5 Å². The topological polar surface area (TPSA) is 38.7 Å². The Bertz CT molecular complexity index is 2920. The Balaban J connectivity index is 1.21. The third-order valence-corrected chi connectivity index (χ3v) is 13.6. The maximum Gasteiger partial charge on any atom is 0.164 e. The monoisotopic (exact) mass is 801 g/mol. The zero-order valence-corrected chi connectivity index (χ0v) is 34.7. The van der Waals surface area contributed by atoms with Crippen molar-refractivity contribution in [3.8, 4) is 142 Å². The second-order valence-electron chi connectivity index (χ2n) is 16.8. The predicted octanol–water partition coefficient (Wildman–Crippen LogP) is 11.8. The van der Waals surface area contributed by atoms with Gasteiger partial charge in [-0.05, 0) is 85.0 Å². The molecule has 10 rings (SSSR count). The minimum absolute atomic E-state index is 0.446. The maximum absolute atomic E-state index is 6.11. The average Bonchev–Trinajstić information content (AvgIpc) is 3.86. The molecule has 63 heavy (non-hydrogen) atoms. The average molecular weight is 802 g/mol. The van der Waals surface area contributed by atoms with Crippen molar-refractivity contribution in [3.63, 3.8) is 0 Å². The summed E-state index contributed by atoms with van der Waals surface area (Å²) < 4.78 is 0. The number of terminal acetylenes is 6. The summed E-state index contributed by atoms with van der Waals surface area (Å²) in [5.41, 5.74) is 14.0. The first kappa shape index (κ1) is 38.9. The predicted molar refractivity (Wildman–Crippen MR) is 255 cm³/mol. The lowest BCUT2D eigenvalue weighted by Gasteiger charge is -2.29. The van der Waals surface area contributed by atoms with Gasteiger partial charge in [-0.25, -0.2) is 15.0 Å². The van der Waals surface area contributed by atoms with Crippen molar-refractivity contribution in [3.05, 3.63) is 161 Å². The summed E-state index contributed by atoms with van der Waals surface area (Å²) in [6, 6.07) is 44.3. The van der Waals surface area contributed by atoms with E-state index in [9.17, 15) is 0 Å². The van der Waals surface area contributed by atoms with Crippen molar-refractivity contribution in [2.75, 3.05) is 0 Å². The lowest BCUT2D eigenvalue weighted by Crippen LogP contribution is -2.24. The van der Waals surface area contributed by atoms with Crippen LogP contribution in [0.4, 0.5) is 0 Å². The maximum atomic E-state index is 6.11. The second-order valence-corrected chi connectivity index (χ2v) is 16.8. The number of hydrogen-bond donors (Lipinski definition) is 0. The second kappa shape index (κ2) is 15.0. The van der Waals surface area contributed by atoms with Crippen molar-refractivity contribution in [2.24, 2.45) is 0 Å². The molecule has 3 aliphatic carbocycles. The molecule has 0 N–H and O–H groups in total. The summed E-state index contributed by atoms with van der Waals surface area (Å²) in [6.45, 7) is 0. The minimum atomic E-state index is -0.567. The third-order valence-electron chi connectivity index (χ3n) is 13.6. The SMILES string of the molecule is C#CCC1(CC#C)c2ccccc2-c2ccc(-c3nc(-c4ccc5c(c4)C(CC#C)(CC#C)c4ccccc4-5)nc(-c4ccc5c(c4)C(CC#C)(CC#C)c4ccccc4-5)n3)cc21. The molecule has 0 saturated heterocycles. The lowest BCUT2D eigenvalue weighted by molar-refractivity contribution is 0.560. The highest BCUT2D eigenvalue weighted by molar-refractivity contribution is 5.87. The van der Waals surface area contributed by atoms with E-state index in [1.54, 1.807) is 0 Å². The van der Waals surface area contributed by atoms with Gasteiger partial charge >= 0.3 is 0 Å². The third kappa shape index (κ3) is 5.63. The lowest BCUT2D eigenvalue weighted by atomic mass is 9.73. The molecule has 1 aromatic heterocycles. The van der Waals surface area contributed by atoms with Gasteiger partial charge in [0.05, 0.1) is 0 Å². The Labute approximate surface area is 370 Å². The molecule has 3 nitrogen and oxygen atoms in total. The number of nitrogens with zero attached hydrogens (tertiary/aromatic N) is 3. The van der Waals surface area contributed by atoms with Crippen LogP contribution in [0.3, 0.4) is 0 Å². The van der Waals surface area contributed by atoms with Gasteiger partial charge in [0.15, 0.2) is 17.5 Å². The highest BCUT2D eigenvalue weighted by atomic mass is 15.0. The van der Waals surface area contributed by atoms with E-state index < -0.39 is 16.2 Å². The molecule has 0 atom stereocenters. The van der Waals surface area contributed by atoms with E-state index in [1.165, 1.54) is 0 Å². The molecule has 294 valence electrons. The van der Waals surface area contributed by atoms with E-state index in [-0.39, 0.29) is 0 Å². The number of aromatic nitrogens is 3. The van der Waals surface area contributed by atoms with Crippen LogP contribution in [-0.2, 0) is 16.2 Å². The van der Waals surface area contributed by atoms with Crippen LogP contribution in [0.5, 0.6) is 0 Å². The van der Waals surface area contributed by atoms with Gasteiger partial charge in [0.1, 0.15) is 0 Å². The Morgan fingerprint density at radius 1 is 0.302 bits per heavy atom. The van der Waals surface area contributed by atoms with E-state index >= 15 is 0 Å². The highest BCUT2D eigenvalue weighted by Crippen LogP contribution is 2.56. The Hall–Kier alpha value is -8.31. The zero-order chi connectivity index (χ0) is 43.3. The molecule has 0 spiro atoms. The smallest absolute Gasteiger partial charge is 0.164 e. The molecule has 0 fully saturated rings. The minimum Gasteiger partial charge on any atom is -0.208 e. The number of hydrogen-bond acceptors (Lipinski definition) is 3.